The van der Waals surface area contributed by atoms with Crippen LogP contribution in [0.3, 0.4) is 0 Å². The van der Waals surface area contributed by atoms with E-state index in [2.05, 4.69) is 31.0 Å². The molecule has 1 fully saturated rings. The van der Waals surface area contributed by atoms with Gasteiger partial charge in [0.15, 0.2) is 0 Å². The number of nitrogens with zero attached hydrogens (tertiary/aromatic N) is 1. The molecule has 1 saturated heterocycles. The van der Waals surface area contributed by atoms with Crippen LogP contribution in [0.15, 0.2) is 22.8 Å². The standard InChI is InChI=1S/C16H26N2O3/c1-12(18-10-13(2)21-14(3)11-18)9-17-16(19)7-6-15-5-4-8-20-15/h4-5,8,12-14H,6-7,9-11H2,1-3H3,(H,17,19)/t12-,13-,14+/m0/s1. The summed E-state index contributed by atoms with van der Waals surface area (Å²) < 4.78 is 11.0. The topological polar surface area (TPSA) is 54.7 Å². The lowest BCUT2D eigenvalue weighted by molar-refractivity contribution is -0.121. The smallest absolute Gasteiger partial charge is 0.220 e. The maximum absolute atomic E-state index is 11.9. The highest BCUT2D eigenvalue weighted by molar-refractivity contribution is 5.76. The summed E-state index contributed by atoms with van der Waals surface area (Å²) in [4.78, 5) is 14.2. The lowest BCUT2D eigenvalue weighted by atomic mass is 10.1. The van der Waals surface area contributed by atoms with Crippen molar-refractivity contribution in [2.45, 2.75) is 51.9 Å². The number of rotatable bonds is 6. The lowest BCUT2D eigenvalue weighted by Gasteiger charge is -2.39. The predicted octanol–water partition coefficient (Wildman–Crippen LogP) is 1.83. The molecular formula is C16H26N2O3. The molecule has 1 aliphatic heterocycles. The molecule has 3 atom stereocenters. The Labute approximate surface area is 126 Å². The van der Waals surface area contributed by atoms with Gasteiger partial charge in [-0.05, 0) is 32.9 Å². The van der Waals surface area contributed by atoms with Gasteiger partial charge in [0.1, 0.15) is 5.76 Å². The van der Waals surface area contributed by atoms with Crippen molar-refractivity contribution in [1.29, 1.82) is 0 Å². The van der Waals surface area contributed by atoms with Crippen molar-refractivity contribution in [2.24, 2.45) is 0 Å². The summed E-state index contributed by atoms with van der Waals surface area (Å²) in [6.07, 6.45) is 3.27. The molecule has 0 radical (unpaired) electrons. The number of carbonyl (C=O) groups is 1. The average molecular weight is 294 g/mol. The molecule has 118 valence electrons. The number of furan rings is 1. The second kappa shape index (κ2) is 7.61. The van der Waals surface area contributed by atoms with Gasteiger partial charge >= 0.3 is 0 Å². The van der Waals surface area contributed by atoms with Gasteiger partial charge in [0.2, 0.25) is 5.91 Å². The molecule has 5 heteroatoms. The number of ether oxygens (including phenoxy) is 1. The van der Waals surface area contributed by atoms with E-state index in [9.17, 15) is 4.79 Å². The van der Waals surface area contributed by atoms with E-state index in [1.54, 1.807) is 6.26 Å². The zero-order valence-corrected chi connectivity index (χ0v) is 13.2. The fraction of sp³-hybridized carbons (Fsp3) is 0.688. The summed E-state index contributed by atoms with van der Waals surface area (Å²) >= 11 is 0. The summed E-state index contributed by atoms with van der Waals surface area (Å²) in [5, 5.41) is 3.01. The number of hydrogen-bond acceptors (Lipinski definition) is 4. The summed E-state index contributed by atoms with van der Waals surface area (Å²) in [7, 11) is 0. The number of nitrogens with one attached hydrogen (secondary N) is 1. The second-order valence-electron chi connectivity index (χ2n) is 5.94. The zero-order chi connectivity index (χ0) is 15.2. The summed E-state index contributed by atoms with van der Waals surface area (Å²) in [6.45, 7) is 8.87. The molecule has 1 aromatic heterocycles. The first kappa shape index (κ1) is 16.0. The first-order chi connectivity index (χ1) is 10.0. The van der Waals surface area contributed by atoms with E-state index in [1.165, 1.54) is 0 Å². The molecule has 2 rings (SSSR count). The van der Waals surface area contributed by atoms with Crippen molar-refractivity contribution >= 4 is 5.91 Å². The van der Waals surface area contributed by atoms with Crippen LogP contribution in [0, 0.1) is 0 Å². The fourth-order valence-electron chi connectivity index (χ4n) is 2.75. The molecule has 0 spiro atoms. The maximum Gasteiger partial charge on any atom is 0.220 e. The zero-order valence-electron chi connectivity index (χ0n) is 13.2. The van der Waals surface area contributed by atoms with E-state index in [0.717, 1.165) is 18.8 Å². The normalized spacial score (nSPS) is 24.7. The lowest BCUT2D eigenvalue weighted by Crippen LogP contribution is -2.52. The molecule has 1 aliphatic rings. The third kappa shape index (κ3) is 5.17. The molecule has 1 amide bonds. The molecule has 2 heterocycles. The van der Waals surface area contributed by atoms with Crippen LogP contribution < -0.4 is 5.32 Å². The summed E-state index contributed by atoms with van der Waals surface area (Å²) in [5.41, 5.74) is 0. The monoisotopic (exact) mass is 294 g/mol. The molecule has 1 aromatic rings. The van der Waals surface area contributed by atoms with Crippen LogP contribution in [0.5, 0.6) is 0 Å². The first-order valence-electron chi connectivity index (χ1n) is 7.73. The molecule has 0 unspecified atom stereocenters. The highest BCUT2D eigenvalue weighted by Crippen LogP contribution is 2.13. The van der Waals surface area contributed by atoms with E-state index >= 15 is 0 Å². The van der Waals surface area contributed by atoms with E-state index in [-0.39, 0.29) is 18.1 Å². The Kier molecular flexibility index (Phi) is 5.82. The Balaban J connectivity index is 1.68. The number of carbonyl (C=O) groups excluding carboxylic acids is 1. The minimum Gasteiger partial charge on any atom is -0.469 e. The number of aryl methyl sites for hydroxylation is 1. The Morgan fingerprint density at radius 2 is 2.14 bits per heavy atom. The van der Waals surface area contributed by atoms with E-state index in [1.807, 2.05) is 12.1 Å². The van der Waals surface area contributed by atoms with E-state index in [4.69, 9.17) is 9.15 Å². The fourth-order valence-corrected chi connectivity index (χ4v) is 2.75. The number of hydrogen-bond donors (Lipinski definition) is 1. The minimum atomic E-state index is 0.0765. The third-order valence-corrected chi connectivity index (χ3v) is 3.84. The van der Waals surface area contributed by atoms with E-state index in [0.29, 0.717) is 25.4 Å². The van der Waals surface area contributed by atoms with Crippen molar-refractivity contribution in [3.05, 3.63) is 24.2 Å². The summed E-state index contributed by atoms with van der Waals surface area (Å²) in [5.74, 6) is 0.932. The van der Waals surface area contributed by atoms with Gasteiger partial charge in [0, 0.05) is 38.5 Å². The SMILES string of the molecule is C[C@@H]1CN([C@@H](C)CNC(=O)CCc2ccco2)C[C@H](C)O1. The Morgan fingerprint density at radius 3 is 2.76 bits per heavy atom. The van der Waals surface area contributed by atoms with Crippen molar-refractivity contribution in [3.63, 3.8) is 0 Å². The van der Waals surface area contributed by atoms with Gasteiger partial charge in [0.05, 0.1) is 18.5 Å². The number of morpholine rings is 1. The average Bonchev–Trinajstić information content (AvgIpc) is 2.94. The molecular weight excluding hydrogens is 268 g/mol. The predicted molar refractivity (Wildman–Crippen MR) is 81.1 cm³/mol. The molecule has 0 saturated carbocycles. The van der Waals surface area contributed by atoms with E-state index < -0.39 is 0 Å². The molecule has 0 aromatic carbocycles. The van der Waals surface area contributed by atoms with Gasteiger partial charge in [-0.2, -0.15) is 0 Å². The van der Waals surface area contributed by atoms with Crippen LogP contribution in [0.1, 0.15) is 33.0 Å². The number of amides is 1. The van der Waals surface area contributed by atoms with Crippen LogP contribution >= 0.6 is 0 Å². The molecule has 21 heavy (non-hydrogen) atoms. The van der Waals surface area contributed by atoms with Gasteiger partial charge in [-0.15, -0.1) is 0 Å². The van der Waals surface area contributed by atoms with Crippen LogP contribution in [-0.2, 0) is 16.0 Å². The largest absolute Gasteiger partial charge is 0.469 e. The van der Waals surface area contributed by atoms with Crippen molar-refractivity contribution in [2.75, 3.05) is 19.6 Å². The van der Waals surface area contributed by atoms with Gasteiger partial charge in [0.25, 0.3) is 0 Å². The van der Waals surface area contributed by atoms with Crippen molar-refractivity contribution in [1.82, 2.24) is 10.2 Å². The van der Waals surface area contributed by atoms with Crippen molar-refractivity contribution in [3.8, 4) is 0 Å². The van der Waals surface area contributed by atoms with Crippen molar-refractivity contribution < 1.29 is 13.9 Å². The van der Waals surface area contributed by atoms with Gasteiger partial charge in [-0.1, -0.05) is 0 Å². The van der Waals surface area contributed by atoms with Crippen LogP contribution in [-0.4, -0.2) is 48.7 Å². The van der Waals surface area contributed by atoms with Gasteiger partial charge in [-0.25, -0.2) is 0 Å². The minimum absolute atomic E-state index is 0.0765. The molecule has 0 bridgehead atoms. The Morgan fingerprint density at radius 1 is 1.43 bits per heavy atom. The van der Waals surface area contributed by atoms with Gasteiger partial charge < -0.3 is 14.5 Å². The second-order valence-corrected chi connectivity index (χ2v) is 5.94. The Hall–Kier alpha value is -1.33. The summed E-state index contributed by atoms with van der Waals surface area (Å²) in [6, 6.07) is 4.06. The molecule has 0 aliphatic carbocycles. The highest BCUT2D eigenvalue weighted by atomic mass is 16.5. The molecule has 5 nitrogen and oxygen atoms in total. The van der Waals surface area contributed by atoms with Gasteiger partial charge in [-0.3, -0.25) is 9.69 Å². The maximum atomic E-state index is 11.9. The van der Waals surface area contributed by atoms with Crippen LogP contribution in [0.2, 0.25) is 0 Å². The quantitative estimate of drug-likeness (QED) is 0.869. The van der Waals surface area contributed by atoms with Crippen LogP contribution in [0.25, 0.3) is 0 Å². The Bertz CT molecular complexity index is 423. The molecule has 1 N–H and O–H groups in total. The third-order valence-electron chi connectivity index (χ3n) is 3.84. The highest BCUT2D eigenvalue weighted by Gasteiger charge is 2.25. The van der Waals surface area contributed by atoms with Crippen LogP contribution in [0.4, 0.5) is 0 Å². The first-order valence-corrected chi connectivity index (χ1v) is 7.73.